The Kier molecular flexibility index (Phi) is 29.8. The fourth-order valence-corrected chi connectivity index (χ4v) is 10.2. The Morgan fingerprint density at radius 3 is 1.69 bits per heavy atom. The van der Waals surface area contributed by atoms with E-state index in [4.69, 9.17) is 42.4 Å². The lowest BCUT2D eigenvalue weighted by Gasteiger charge is -2.33. The molecule has 1 saturated heterocycles. The minimum Gasteiger partial charge on any atom is -0.467 e. The average molecular weight is 1210 g/mol. The van der Waals surface area contributed by atoms with Gasteiger partial charge in [-0.2, -0.15) is 12.6 Å². The molecule has 1 unspecified atom stereocenters. The number of hydrogen-bond donors (Lipinski definition) is 6. The largest absolute Gasteiger partial charge is 0.467 e. The van der Waals surface area contributed by atoms with Crippen molar-refractivity contribution < 1.29 is 56.7 Å². The second-order valence-electron chi connectivity index (χ2n) is 21.0. The Morgan fingerprint density at radius 2 is 1.18 bits per heavy atom. The molecule has 1 saturated carbocycles. The number of carbonyl (C=O) groups is 9. The van der Waals surface area contributed by atoms with E-state index >= 15 is 0 Å². The Balaban J connectivity index is 1.33. The van der Waals surface area contributed by atoms with Crippen LogP contribution in [0.5, 0.6) is 0 Å². The fraction of sp³-hybridized carbons (Fsp3) is 0.569. The highest BCUT2D eigenvalue weighted by Gasteiger charge is 2.35. The monoisotopic (exact) mass is 1210 g/mol. The summed E-state index contributed by atoms with van der Waals surface area (Å²) in [5.41, 5.74) is 18.0. The van der Waals surface area contributed by atoms with Crippen molar-refractivity contribution in [2.45, 2.75) is 102 Å². The molecule has 8 N–H and O–H groups in total. The lowest BCUT2D eigenvalue weighted by atomic mass is 10.1. The molecular formula is C58H85ClN12O12S. The van der Waals surface area contributed by atoms with Gasteiger partial charge in [0.25, 0.3) is 0 Å². The van der Waals surface area contributed by atoms with Crippen LogP contribution in [0.25, 0.3) is 0 Å². The van der Waals surface area contributed by atoms with Crippen molar-refractivity contribution in [2.75, 3.05) is 111 Å². The number of nitrogens with one attached hydrogen (secondary N) is 2. The van der Waals surface area contributed by atoms with E-state index < -0.39 is 92.6 Å². The third-order valence-corrected chi connectivity index (χ3v) is 15.1. The first-order valence-electron chi connectivity index (χ1n) is 28.8. The lowest BCUT2D eigenvalue weighted by Crippen LogP contribution is -2.53. The number of unbranched alkanes of at least 4 members (excludes halogenated alkanes) is 2. The predicted molar refractivity (Wildman–Crippen MR) is 317 cm³/mol. The van der Waals surface area contributed by atoms with E-state index in [-0.39, 0.29) is 76.2 Å². The SMILES string of the molecule is C=CCN(CC(=O)N(CC(=O)N(CCCCN)CC(=O)N(CCCCN)CC(=O)N[C@@H](CS)C(N)=O)Cc1ccco1)C(=O)CN(Cc1ccco1)C(=O)CN(CC1CCCO1)C(=O)CN(C(=O)CNCCc1ccc(Cl)cc1)C1CCCC1. The lowest BCUT2D eigenvalue weighted by molar-refractivity contribution is -0.149. The third-order valence-electron chi connectivity index (χ3n) is 14.5. The van der Waals surface area contributed by atoms with Crippen LogP contribution in [0.2, 0.25) is 5.02 Å². The Labute approximate surface area is 502 Å². The summed E-state index contributed by atoms with van der Waals surface area (Å²) < 4.78 is 17.2. The average Bonchev–Trinajstić information content (AvgIpc) is 4.50. The van der Waals surface area contributed by atoms with Crippen LogP contribution in [0.15, 0.2) is 82.5 Å². The highest BCUT2D eigenvalue weighted by molar-refractivity contribution is 7.80. The maximum Gasteiger partial charge on any atom is 0.243 e. The van der Waals surface area contributed by atoms with Gasteiger partial charge in [0.1, 0.15) is 43.7 Å². The van der Waals surface area contributed by atoms with Crippen LogP contribution < -0.4 is 27.8 Å². The summed E-state index contributed by atoms with van der Waals surface area (Å²) in [6.45, 7) is 1.77. The van der Waals surface area contributed by atoms with Crippen molar-refractivity contribution in [1.82, 2.24) is 44.9 Å². The summed E-state index contributed by atoms with van der Waals surface area (Å²) in [4.78, 5) is 135. The van der Waals surface area contributed by atoms with E-state index in [2.05, 4.69) is 29.8 Å². The summed E-state index contributed by atoms with van der Waals surface area (Å²) in [6.07, 6.45) is 11.1. The van der Waals surface area contributed by atoms with Gasteiger partial charge in [0.15, 0.2) is 0 Å². The number of amides is 9. The van der Waals surface area contributed by atoms with Gasteiger partial charge in [-0.25, -0.2) is 0 Å². The van der Waals surface area contributed by atoms with Gasteiger partial charge in [0.05, 0.1) is 57.9 Å². The minimum atomic E-state index is -1.08. The molecule has 9 amide bonds. The molecule has 0 spiro atoms. The van der Waals surface area contributed by atoms with Crippen LogP contribution >= 0.6 is 24.2 Å². The van der Waals surface area contributed by atoms with E-state index in [9.17, 15) is 43.2 Å². The van der Waals surface area contributed by atoms with E-state index in [1.165, 1.54) is 48.0 Å². The first-order chi connectivity index (χ1) is 40.5. The number of carbonyl (C=O) groups excluding carboxylic acids is 9. The molecule has 84 heavy (non-hydrogen) atoms. The zero-order valence-corrected chi connectivity index (χ0v) is 49.7. The fourth-order valence-electron chi connectivity index (χ4n) is 9.82. The summed E-state index contributed by atoms with van der Waals surface area (Å²) in [6, 6.07) is 12.7. The number of thiol groups is 1. The molecule has 1 aliphatic heterocycles. The van der Waals surface area contributed by atoms with Crippen molar-refractivity contribution in [3.63, 3.8) is 0 Å². The number of rotatable bonds is 39. The topological polar surface area (TPSA) is 314 Å². The molecule has 5 rings (SSSR count). The first kappa shape index (κ1) is 68.0. The van der Waals surface area contributed by atoms with Crippen molar-refractivity contribution in [3.8, 4) is 0 Å². The van der Waals surface area contributed by atoms with Gasteiger partial charge >= 0.3 is 0 Å². The molecule has 1 aliphatic carbocycles. The maximum atomic E-state index is 14.7. The van der Waals surface area contributed by atoms with Crippen LogP contribution in [-0.4, -0.2) is 216 Å². The van der Waals surface area contributed by atoms with Crippen LogP contribution in [0.1, 0.15) is 81.3 Å². The van der Waals surface area contributed by atoms with Gasteiger partial charge in [-0.3, -0.25) is 43.2 Å². The third kappa shape index (κ3) is 23.4. The van der Waals surface area contributed by atoms with Crippen molar-refractivity contribution in [1.29, 1.82) is 0 Å². The highest BCUT2D eigenvalue weighted by atomic mass is 35.5. The van der Waals surface area contributed by atoms with Crippen LogP contribution in [-0.2, 0) is 67.4 Å². The Hall–Kier alpha value is -6.77. The van der Waals surface area contributed by atoms with E-state index in [0.717, 1.165) is 37.7 Å². The number of primary amides is 1. The van der Waals surface area contributed by atoms with E-state index in [1.54, 1.807) is 29.2 Å². The zero-order valence-electron chi connectivity index (χ0n) is 48.1. The van der Waals surface area contributed by atoms with Crippen molar-refractivity contribution in [3.05, 3.63) is 95.8 Å². The van der Waals surface area contributed by atoms with Gasteiger partial charge in [-0.1, -0.05) is 42.7 Å². The molecular weight excluding hydrogens is 1120 g/mol. The molecule has 2 atom stereocenters. The van der Waals surface area contributed by atoms with Gasteiger partial charge in [0.2, 0.25) is 53.2 Å². The zero-order chi connectivity index (χ0) is 60.8. The first-order valence-corrected chi connectivity index (χ1v) is 29.8. The number of ether oxygens (including phenoxy) is 1. The molecule has 2 fully saturated rings. The van der Waals surface area contributed by atoms with E-state index in [0.29, 0.717) is 81.3 Å². The second-order valence-corrected chi connectivity index (χ2v) is 21.8. The smallest absolute Gasteiger partial charge is 0.243 e. The van der Waals surface area contributed by atoms with Crippen LogP contribution in [0.3, 0.4) is 0 Å². The van der Waals surface area contributed by atoms with Crippen molar-refractivity contribution in [2.24, 2.45) is 17.2 Å². The summed E-state index contributed by atoms with van der Waals surface area (Å²) in [5.74, 6) is -4.77. The molecule has 0 bridgehead atoms. The Bertz CT molecular complexity index is 2570. The molecule has 1 aromatic carbocycles. The van der Waals surface area contributed by atoms with E-state index in [1.807, 2.05) is 24.3 Å². The Morgan fingerprint density at radius 1 is 0.655 bits per heavy atom. The normalized spacial score (nSPS) is 14.3. The van der Waals surface area contributed by atoms with Crippen LogP contribution in [0.4, 0.5) is 0 Å². The van der Waals surface area contributed by atoms with Crippen molar-refractivity contribution >= 4 is 77.4 Å². The number of halogens is 1. The summed E-state index contributed by atoms with van der Waals surface area (Å²) in [5, 5.41) is 6.34. The minimum absolute atomic E-state index is 0.00834. The van der Waals surface area contributed by atoms with Crippen LogP contribution in [0, 0.1) is 0 Å². The van der Waals surface area contributed by atoms with Gasteiger partial charge < -0.3 is 75.7 Å². The van der Waals surface area contributed by atoms with Gasteiger partial charge in [0, 0.05) is 49.6 Å². The molecule has 3 heterocycles. The molecule has 2 aromatic heterocycles. The number of hydrogen-bond acceptors (Lipinski definition) is 16. The number of furan rings is 2. The number of benzene rings is 1. The van der Waals surface area contributed by atoms with Gasteiger partial charge in [-0.05, 0) is 119 Å². The molecule has 3 aromatic rings. The maximum absolute atomic E-state index is 14.7. The number of nitrogens with zero attached hydrogens (tertiary/aromatic N) is 7. The summed E-state index contributed by atoms with van der Waals surface area (Å²) in [7, 11) is 0. The number of nitrogens with two attached hydrogens (primary N) is 3. The standard InChI is InChI=1S/C58H85ClN12O12S/c1-2-25-65(37-55(77)68(32-46-14-9-28-81-46)39-54(76)67(27-8-6-23-61)36-52(74)66(26-7-5-22-60)35-50(72)64-49(42-84)58(62)80)53(75)38-69(33-47-15-10-29-82-47)56(78)40-70(34-48-16-11-30-83-48)57(79)41-71(45-12-3-4-13-45)51(73)31-63-24-21-43-17-19-44(59)20-18-43/h2,9-10,14-15,17-20,28-29,45,48-49,63,84H,1,3-8,11-13,16,21-27,30-42,60-61H2,(H2,62,80)(H,64,72)/t48?,49-/m0/s1. The molecule has 26 heteroatoms. The quantitative estimate of drug-likeness (QED) is 0.0268. The second kappa shape index (κ2) is 36.8. The summed E-state index contributed by atoms with van der Waals surface area (Å²) >= 11 is 10.1. The van der Waals surface area contributed by atoms with Gasteiger partial charge in [-0.15, -0.1) is 6.58 Å². The predicted octanol–water partition coefficient (Wildman–Crippen LogP) is 1.54. The molecule has 2 aliphatic rings. The molecule has 462 valence electrons. The molecule has 0 radical (unpaired) electrons. The molecule has 24 nitrogen and oxygen atoms in total. The highest BCUT2D eigenvalue weighted by Crippen LogP contribution is 2.24.